The highest BCUT2D eigenvalue weighted by atomic mass is 16.5. The van der Waals surface area contributed by atoms with Crippen molar-refractivity contribution in [1.29, 1.82) is 0 Å². The summed E-state index contributed by atoms with van der Waals surface area (Å²) in [4.78, 5) is 4.60. The van der Waals surface area contributed by atoms with Gasteiger partial charge in [-0.2, -0.15) is 4.98 Å². The van der Waals surface area contributed by atoms with Gasteiger partial charge in [0.25, 0.3) is 0 Å². The van der Waals surface area contributed by atoms with E-state index in [0.717, 1.165) is 35.4 Å². The van der Waals surface area contributed by atoms with Gasteiger partial charge in [0.05, 0.1) is 11.0 Å². The van der Waals surface area contributed by atoms with Crippen LogP contribution in [0.1, 0.15) is 18.1 Å². The lowest BCUT2D eigenvalue weighted by atomic mass is 10.1. The summed E-state index contributed by atoms with van der Waals surface area (Å²) in [6, 6.07) is 24.9. The van der Waals surface area contributed by atoms with Gasteiger partial charge in [-0.25, -0.2) is 0 Å². The number of ether oxygens (including phenoxy) is 1. The number of nitrogens with two attached hydrogens (primary N) is 1. The number of aromatic nitrogens is 2. The molecule has 4 nitrogen and oxygen atoms in total. The van der Waals surface area contributed by atoms with Crippen LogP contribution in [0, 0.1) is 0 Å². The smallest absolute Gasteiger partial charge is 0.302 e. The molecule has 4 aromatic rings. The Hall–Kier alpha value is -3.27. The molecule has 0 unspecified atom stereocenters. The fourth-order valence-electron chi connectivity index (χ4n) is 3.11. The predicted octanol–water partition coefficient (Wildman–Crippen LogP) is 5.02. The molecule has 0 aliphatic carbocycles. The van der Waals surface area contributed by atoms with Crippen LogP contribution in [0.5, 0.6) is 11.8 Å². The Morgan fingerprint density at radius 3 is 2.38 bits per heavy atom. The highest BCUT2D eigenvalue weighted by Crippen LogP contribution is 2.27. The minimum absolute atomic E-state index is 0.587. The van der Waals surface area contributed by atoms with Crippen LogP contribution in [0.25, 0.3) is 11.0 Å². The van der Waals surface area contributed by atoms with Crippen LogP contribution in [0.4, 0.5) is 5.69 Å². The van der Waals surface area contributed by atoms with Crippen molar-refractivity contribution in [3.8, 4) is 11.8 Å². The van der Waals surface area contributed by atoms with Crippen molar-refractivity contribution in [2.75, 3.05) is 5.73 Å². The number of aryl methyl sites for hydroxylation is 1. The molecule has 130 valence electrons. The van der Waals surface area contributed by atoms with E-state index in [9.17, 15) is 0 Å². The van der Waals surface area contributed by atoms with Gasteiger partial charge in [0.2, 0.25) is 0 Å². The Labute approximate surface area is 152 Å². The van der Waals surface area contributed by atoms with E-state index in [0.29, 0.717) is 6.01 Å². The second kappa shape index (κ2) is 6.92. The van der Waals surface area contributed by atoms with E-state index in [1.54, 1.807) is 0 Å². The van der Waals surface area contributed by atoms with Crippen LogP contribution < -0.4 is 10.5 Å². The average Bonchev–Trinajstić information content (AvgIpc) is 3.00. The van der Waals surface area contributed by atoms with Gasteiger partial charge in [0, 0.05) is 12.2 Å². The molecule has 2 N–H and O–H groups in total. The highest BCUT2D eigenvalue weighted by molar-refractivity contribution is 5.80. The summed E-state index contributed by atoms with van der Waals surface area (Å²) < 4.78 is 8.07. The van der Waals surface area contributed by atoms with Gasteiger partial charge in [-0.3, -0.25) is 4.57 Å². The normalized spacial score (nSPS) is 11.0. The number of hydrogen-bond donors (Lipinski definition) is 1. The topological polar surface area (TPSA) is 53.1 Å². The monoisotopic (exact) mass is 343 g/mol. The molecule has 1 heterocycles. The third kappa shape index (κ3) is 3.26. The van der Waals surface area contributed by atoms with Crippen LogP contribution in [-0.4, -0.2) is 9.55 Å². The maximum Gasteiger partial charge on any atom is 0.302 e. The summed E-state index contributed by atoms with van der Waals surface area (Å²) in [5.41, 5.74) is 11.1. The van der Waals surface area contributed by atoms with E-state index in [-0.39, 0.29) is 0 Å². The molecule has 26 heavy (non-hydrogen) atoms. The molecule has 4 heteroatoms. The molecular weight excluding hydrogens is 322 g/mol. The second-order valence-electron chi connectivity index (χ2n) is 6.30. The Morgan fingerprint density at radius 2 is 1.65 bits per heavy atom. The average molecular weight is 343 g/mol. The van der Waals surface area contributed by atoms with Gasteiger partial charge in [-0.1, -0.05) is 42.5 Å². The van der Waals surface area contributed by atoms with Gasteiger partial charge < -0.3 is 10.5 Å². The van der Waals surface area contributed by atoms with Crippen molar-refractivity contribution in [1.82, 2.24) is 9.55 Å². The number of nitrogen functional groups attached to an aromatic ring is 1. The molecule has 0 aliphatic rings. The number of imidazole rings is 1. The molecule has 0 spiro atoms. The molecule has 0 fully saturated rings. The van der Waals surface area contributed by atoms with E-state index in [1.165, 1.54) is 11.1 Å². The molecule has 0 radical (unpaired) electrons. The van der Waals surface area contributed by atoms with Crippen molar-refractivity contribution < 1.29 is 4.74 Å². The summed E-state index contributed by atoms with van der Waals surface area (Å²) >= 11 is 0. The Morgan fingerprint density at radius 1 is 0.923 bits per heavy atom. The second-order valence-corrected chi connectivity index (χ2v) is 6.30. The number of anilines is 1. The summed E-state index contributed by atoms with van der Waals surface area (Å²) in [5.74, 6) is 0.778. The Kier molecular flexibility index (Phi) is 4.32. The molecule has 1 aromatic heterocycles. The first kappa shape index (κ1) is 16.2. The van der Waals surface area contributed by atoms with E-state index in [1.807, 2.05) is 41.0 Å². The van der Waals surface area contributed by atoms with E-state index >= 15 is 0 Å². The lowest BCUT2D eigenvalue weighted by Crippen LogP contribution is -1.99. The van der Waals surface area contributed by atoms with Crippen molar-refractivity contribution in [2.24, 2.45) is 0 Å². The standard InChI is InChI=1S/C22H21N3O/c1-2-25-21-15-18(23)10-13-20(21)24-22(25)26-19-11-8-17(9-12-19)14-16-6-4-3-5-7-16/h3-13,15H,2,14,23H2,1H3. The highest BCUT2D eigenvalue weighted by Gasteiger charge is 2.12. The van der Waals surface area contributed by atoms with Crippen LogP contribution in [0.3, 0.4) is 0 Å². The third-order valence-electron chi connectivity index (χ3n) is 4.44. The molecule has 3 aromatic carbocycles. The van der Waals surface area contributed by atoms with Crippen LogP contribution in [0.2, 0.25) is 0 Å². The largest absolute Gasteiger partial charge is 0.425 e. The lowest BCUT2D eigenvalue weighted by molar-refractivity contribution is 0.419. The molecule has 0 aliphatic heterocycles. The van der Waals surface area contributed by atoms with Crippen molar-refractivity contribution in [2.45, 2.75) is 19.9 Å². The summed E-state index contributed by atoms with van der Waals surface area (Å²) in [7, 11) is 0. The molecule has 0 atom stereocenters. The molecular formula is C22H21N3O. The lowest BCUT2D eigenvalue weighted by Gasteiger charge is -2.08. The van der Waals surface area contributed by atoms with Crippen LogP contribution >= 0.6 is 0 Å². The van der Waals surface area contributed by atoms with Gasteiger partial charge in [0.15, 0.2) is 0 Å². The summed E-state index contributed by atoms with van der Waals surface area (Å²) in [6.45, 7) is 2.83. The van der Waals surface area contributed by atoms with E-state index in [4.69, 9.17) is 10.5 Å². The Bertz CT molecular complexity index is 1020. The molecule has 0 amide bonds. The number of nitrogens with zero attached hydrogens (tertiary/aromatic N) is 2. The summed E-state index contributed by atoms with van der Waals surface area (Å²) in [5, 5.41) is 0. The van der Waals surface area contributed by atoms with E-state index < -0.39 is 0 Å². The number of rotatable bonds is 5. The number of hydrogen-bond acceptors (Lipinski definition) is 3. The SMILES string of the molecule is CCn1c(Oc2ccc(Cc3ccccc3)cc2)nc2ccc(N)cc21. The zero-order chi connectivity index (χ0) is 17.9. The zero-order valence-corrected chi connectivity index (χ0v) is 14.7. The van der Waals surface area contributed by atoms with Gasteiger partial charge in [0.1, 0.15) is 5.75 Å². The molecule has 4 rings (SSSR count). The maximum absolute atomic E-state index is 6.04. The van der Waals surface area contributed by atoms with Gasteiger partial charge in [-0.05, 0) is 54.8 Å². The van der Waals surface area contributed by atoms with Crippen LogP contribution in [-0.2, 0) is 13.0 Å². The first-order valence-corrected chi connectivity index (χ1v) is 8.79. The molecule has 0 bridgehead atoms. The third-order valence-corrected chi connectivity index (χ3v) is 4.44. The van der Waals surface area contributed by atoms with Gasteiger partial charge in [-0.15, -0.1) is 0 Å². The zero-order valence-electron chi connectivity index (χ0n) is 14.7. The first-order valence-electron chi connectivity index (χ1n) is 8.79. The quantitative estimate of drug-likeness (QED) is 0.518. The van der Waals surface area contributed by atoms with Gasteiger partial charge >= 0.3 is 6.01 Å². The van der Waals surface area contributed by atoms with E-state index in [2.05, 4.69) is 48.3 Å². The Balaban J connectivity index is 1.57. The number of benzene rings is 3. The first-order chi connectivity index (χ1) is 12.7. The molecule has 0 saturated carbocycles. The van der Waals surface area contributed by atoms with Crippen LogP contribution in [0.15, 0.2) is 72.8 Å². The minimum atomic E-state index is 0.587. The number of fused-ring (bicyclic) bond motifs is 1. The maximum atomic E-state index is 6.04. The van der Waals surface area contributed by atoms with Crippen molar-refractivity contribution in [3.63, 3.8) is 0 Å². The summed E-state index contributed by atoms with van der Waals surface area (Å²) in [6.07, 6.45) is 0.911. The van der Waals surface area contributed by atoms with Crippen molar-refractivity contribution in [3.05, 3.63) is 83.9 Å². The van der Waals surface area contributed by atoms with Crippen molar-refractivity contribution >= 4 is 16.7 Å². The predicted molar refractivity (Wildman–Crippen MR) is 106 cm³/mol. The molecule has 0 saturated heterocycles. The minimum Gasteiger partial charge on any atom is -0.425 e. The fourth-order valence-corrected chi connectivity index (χ4v) is 3.11. The fraction of sp³-hybridized carbons (Fsp3) is 0.136.